The molecule has 1 heterocycles. The van der Waals surface area contributed by atoms with E-state index in [0.29, 0.717) is 24.0 Å². The SMILES string of the molecule is CN1CCC(CN(CCc2ccccc2)C(=O)c2ccc(Cl)cc2F)CC1. The van der Waals surface area contributed by atoms with Gasteiger partial charge in [0.1, 0.15) is 5.82 Å². The van der Waals surface area contributed by atoms with Crippen LogP contribution in [0.2, 0.25) is 5.02 Å². The molecule has 0 atom stereocenters. The van der Waals surface area contributed by atoms with Crippen LogP contribution in [0.1, 0.15) is 28.8 Å². The number of likely N-dealkylation sites (tertiary alicyclic amines) is 1. The molecule has 27 heavy (non-hydrogen) atoms. The molecule has 3 rings (SSSR count). The molecule has 144 valence electrons. The number of benzene rings is 2. The predicted molar refractivity (Wildman–Crippen MR) is 108 cm³/mol. The maximum Gasteiger partial charge on any atom is 0.256 e. The average molecular weight is 389 g/mol. The van der Waals surface area contributed by atoms with Crippen LogP contribution in [0.25, 0.3) is 0 Å². The van der Waals surface area contributed by atoms with Crippen LogP contribution in [0.15, 0.2) is 48.5 Å². The highest BCUT2D eigenvalue weighted by molar-refractivity contribution is 6.30. The van der Waals surface area contributed by atoms with Crippen LogP contribution in [0.5, 0.6) is 0 Å². The zero-order valence-electron chi connectivity index (χ0n) is 15.7. The Morgan fingerprint density at radius 2 is 1.89 bits per heavy atom. The van der Waals surface area contributed by atoms with Crippen LogP contribution in [-0.4, -0.2) is 48.9 Å². The number of hydrogen-bond acceptors (Lipinski definition) is 2. The summed E-state index contributed by atoms with van der Waals surface area (Å²) in [4.78, 5) is 17.2. The number of nitrogens with zero attached hydrogens (tertiary/aromatic N) is 2. The van der Waals surface area contributed by atoms with Gasteiger partial charge in [0.15, 0.2) is 0 Å². The molecular weight excluding hydrogens is 363 g/mol. The first-order valence-corrected chi connectivity index (χ1v) is 9.87. The highest BCUT2D eigenvalue weighted by Crippen LogP contribution is 2.21. The van der Waals surface area contributed by atoms with E-state index in [1.165, 1.54) is 17.7 Å². The Hall–Kier alpha value is -1.91. The second kappa shape index (κ2) is 9.34. The summed E-state index contributed by atoms with van der Waals surface area (Å²) in [7, 11) is 2.12. The maximum atomic E-state index is 14.3. The molecule has 1 fully saturated rings. The first-order chi connectivity index (χ1) is 13.0. The number of hydrogen-bond donors (Lipinski definition) is 0. The van der Waals surface area contributed by atoms with E-state index >= 15 is 0 Å². The van der Waals surface area contributed by atoms with Crippen molar-refractivity contribution >= 4 is 17.5 Å². The van der Waals surface area contributed by atoms with Gasteiger partial charge in [0.2, 0.25) is 0 Å². The molecule has 1 amide bonds. The molecular formula is C22H26ClFN2O. The summed E-state index contributed by atoms with van der Waals surface area (Å²) < 4.78 is 14.3. The van der Waals surface area contributed by atoms with Crippen LogP contribution in [0, 0.1) is 11.7 Å². The van der Waals surface area contributed by atoms with Gasteiger partial charge in [-0.25, -0.2) is 4.39 Å². The number of halogens is 2. The third-order valence-electron chi connectivity index (χ3n) is 5.28. The summed E-state index contributed by atoms with van der Waals surface area (Å²) in [6, 6.07) is 14.4. The molecule has 5 heteroatoms. The second-order valence-electron chi connectivity index (χ2n) is 7.36. The monoisotopic (exact) mass is 388 g/mol. The lowest BCUT2D eigenvalue weighted by molar-refractivity contribution is 0.0696. The molecule has 2 aromatic rings. The lowest BCUT2D eigenvalue weighted by atomic mass is 9.96. The van der Waals surface area contributed by atoms with Crippen molar-refractivity contribution in [2.45, 2.75) is 19.3 Å². The van der Waals surface area contributed by atoms with Gasteiger partial charge in [-0.1, -0.05) is 41.9 Å². The second-order valence-corrected chi connectivity index (χ2v) is 7.79. The van der Waals surface area contributed by atoms with E-state index in [4.69, 9.17) is 11.6 Å². The number of piperidine rings is 1. The van der Waals surface area contributed by atoms with Gasteiger partial charge < -0.3 is 9.80 Å². The van der Waals surface area contributed by atoms with E-state index < -0.39 is 5.82 Å². The molecule has 0 saturated carbocycles. The number of rotatable bonds is 6. The van der Waals surface area contributed by atoms with Crippen molar-refractivity contribution in [1.82, 2.24) is 9.80 Å². The smallest absolute Gasteiger partial charge is 0.256 e. The fourth-order valence-corrected chi connectivity index (χ4v) is 3.73. The van der Waals surface area contributed by atoms with Gasteiger partial charge in [-0.2, -0.15) is 0 Å². The van der Waals surface area contributed by atoms with E-state index in [0.717, 1.165) is 32.4 Å². The fourth-order valence-electron chi connectivity index (χ4n) is 3.57. The summed E-state index contributed by atoms with van der Waals surface area (Å²) in [5.74, 6) is -0.351. The Morgan fingerprint density at radius 1 is 1.19 bits per heavy atom. The molecule has 0 radical (unpaired) electrons. The summed E-state index contributed by atoms with van der Waals surface area (Å²) in [6.45, 7) is 3.33. The minimum atomic E-state index is -0.555. The topological polar surface area (TPSA) is 23.6 Å². The molecule has 0 aliphatic carbocycles. The van der Waals surface area contributed by atoms with Crippen molar-refractivity contribution in [2.75, 3.05) is 33.2 Å². The molecule has 0 N–H and O–H groups in total. The van der Waals surface area contributed by atoms with Crippen molar-refractivity contribution in [3.63, 3.8) is 0 Å². The van der Waals surface area contributed by atoms with E-state index in [9.17, 15) is 9.18 Å². The van der Waals surface area contributed by atoms with Gasteiger partial charge in [-0.15, -0.1) is 0 Å². The molecule has 3 nitrogen and oxygen atoms in total. The van der Waals surface area contributed by atoms with Gasteiger partial charge in [-0.3, -0.25) is 4.79 Å². The van der Waals surface area contributed by atoms with Gasteiger partial charge in [0.25, 0.3) is 5.91 Å². The molecule has 1 aliphatic heterocycles. The number of carbonyl (C=O) groups excluding carboxylic acids is 1. The number of carbonyl (C=O) groups is 1. The molecule has 0 unspecified atom stereocenters. The normalized spacial score (nSPS) is 15.7. The van der Waals surface area contributed by atoms with Crippen LogP contribution in [-0.2, 0) is 6.42 Å². The van der Waals surface area contributed by atoms with Gasteiger partial charge in [0, 0.05) is 18.1 Å². The van der Waals surface area contributed by atoms with Gasteiger partial charge >= 0.3 is 0 Å². The number of amides is 1. The Kier molecular flexibility index (Phi) is 6.86. The van der Waals surface area contributed by atoms with Crippen molar-refractivity contribution in [3.8, 4) is 0 Å². The molecule has 0 spiro atoms. The zero-order chi connectivity index (χ0) is 19.2. The van der Waals surface area contributed by atoms with Crippen LogP contribution in [0.3, 0.4) is 0 Å². The van der Waals surface area contributed by atoms with E-state index in [1.807, 2.05) is 23.1 Å². The molecule has 1 saturated heterocycles. The predicted octanol–water partition coefficient (Wildman–Crippen LogP) is 4.51. The van der Waals surface area contributed by atoms with Gasteiger partial charge in [-0.05, 0) is 69.1 Å². The highest BCUT2D eigenvalue weighted by atomic mass is 35.5. The van der Waals surface area contributed by atoms with Crippen molar-refractivity contribution in [1.29, 1.82) is 0 Å². The summed E-state index contributed by atoms with van der Waals surface area (Å²) in [5, 5.41) is 0.301. The minimum Gasteiger partial charge on any atom is -0.338 e. The fraction of sp³-hybridized carbons (Fsp3) is 0.409. The maximum absolute atomic E-state index is 14.3. The Bertz CT molecular complexity index is 760. The largest absolute Gasteiger partial charge is 0.338 e. The van der Waals surface area contributed by atoms with E-state index in [2.05, 4.69) is 24.1 Å². The molecule has 2 aromatic carbocycles. The van der Waals surface area contributed by atoms with E-state index in [-0.39, 0.29) is 11.5 Å². The third kappa shape index (κ3) is 5.53. The van der Waals surface area contributed by atoms with E-state index in [1.54, 1.807) is 6.07 Å². The first-order valence-electron chi connectivity index (χ1n) is 9.49. The highest BCUT2D eigenvalue weighted by Gasteiger charge is 2.24. The summed E-state index contributed by atoms with van der Waals surface area (Å²) in [5.41, 5.74) is 1.27. The van der Waals surface area contributed by atoms with Crippen molar-refractivity contribution in [2.24, 2.45) is 5.92 Å². The zero-order valence-corrected chi connectivity index (χ0v) is 16.5. The first kappa shape index (κ1) is 19.8. The molecule has 0 bridgehead atoms. The Balaban J connectivity index is 1.74. The average Bonchev–Trinajstić information content (AvgIpc) is 2.67. The summed E-state index contributed by atoms with van der Waals surface area (Å²) in [6.07, 6.45) is 2.89. The lowest BCUT2D eigenvalue weighted by Gasteiger charge is -2.33. The Labute approximate surface area is 165 Å². The Morgan fingerprint density at radius 3 is 2.56 bits per heavy atom. The standard InChI is InChI=1S/C22H26ClFN2O/c1-25-12-9-18(10-13-25)16-26(14-11-17-5-3-2-4-6-17)22(27)20-8-7-19(23)15-21(20)24/h2-8,15,18H,9-14,16H2,1H3. The van der Waals surface area contributed by atoms with Crippen LogP contribution < -0.4 is 0 Å². The van der Waals surface area contributed by atoms with Crippen molar-refractivity contribution in [3.05, 3.63) is 70.5 Å². The summed E-state index contributed by atoms with van der Waals surface area (Å²) >= 11 is 5.84. The minimum absolute atomic E-state index is 0.0976. The lowest BCUT2D eigenvalue weighted by Crippen LogP contribution is -2.41. The van der Waals surface area contributed by atoms with Gasteiger partial charge in [0.05, 0.1) is 5.56 Å². The van der Waals surface area contributed by atoms with Crippen LogP contribution >= 0.6 is 11.6 Å². The van der Waals surface area contributed by atoms with Crippen molar-refractivity contribution < 1.29 is 9.18 Å². The molecule has 0 aromatic heterocycles. The third-order valence-corrected chi connectivity index (χ3v) is 5.51. The van der Waals surface area contributed by atoms with Crippen LogP contribution in [0.4, 0.5) is 4.39 Å². The molecule has 1 aliphatic rings. The quantitative estimate of drug-likeness (QED) is 0.727.